The second kappa shape index (κ2) is 6.08. The van der Waals surface area contributed by atoms with E-state index < -0.39 is 22.8 Å². The normalized spacial score (nSPS) is 11.8. The summed E-state index contributed by atoms with van der Waals surface area (Å²) in [6.07, 6.45) is 0.0277. The van der Waals surface area contributed by atoms with E-state index in [4.69, 9.17) is 9.52 Å². The summed E-state index contributed by atoms with van der Waals surface area (Å²) in [5.74, 6) is -3.86. The maximum absolute atomic E-state index is 11.3. The van der Waals surface area contributed by atoms with E-state index in [0.29, 0.717) is 5.56 Å². The number of rotatable bonds is 6. The van der Waals surface area contributed by atoms with Gasteiger partial charge in [0.05, 0.1) is 4.92 Å². The second-order valence-corrected chi connectivity index (χ2v) is 4.53. The molecule has 1 aromatic carbocycles. The Bertz CT molecular complexity index is 717. The van der Waals surface area contributed by atoms with E-state index in [1.54, 1.807) is 0 Å². The average Bonchev–Trinajstić information content (AvgIpc) is 2.94. The third-order valence-electron chi connectivity index (χ3n) is 3.07. The topological polar surface area (TPSA) is 131 Å². The standard InChI is InChI=1S/C14H11NO7/c16-13(17)10(11-5-6-12(22-11)14(18)19)7-8-1-3-9(4-2-8)15(20)21/h1-6,10H,7H2,(H,16,17)(H,18,19). The minimum Gasteiger partial charge on any atom is -0.481 e. The van der Waals surface area contributed by atoms with Crippen LogP contribution in [0, 0.1) is 10.1 Å². The monoisotopic (exact) mass is 305 g/mol. The molecule has 0 fully saturated rings. The van der Waals surface area contributed by atoms with Crippen LogP contribution in [0.4, 0.5) is 5.69 Å². The van der Waals surface area contributed by atoms with Gasteiger partial charge in [0.15, 0.2) is 0 Å². The Hall–Kier alpha value is -3.16. The van der Waals surface area contributed by atoms with Gasteiger partial charge in [-0.3, -0.25) is 14.9 Å². The highest BCUT2D eigenvalue weighted by Crippen LogP contribution is 2.24. The fourth-order valence-electron chi connectivity index (χ4n) is 1.95. The van der Waals surface area contributed by atoms with Gasteiger partial charge in [0.25, 0.3) is 5.69 Å². The maximum atomic E-state index is 11.3. The third-order valence-corrected chi connectivity index (χ3v) is 3.07. The average molecular weight is 305 g/mol. The lowest BCUT2D eigenvalue weighted by Crippen LogP contribution is -2.14. The van der Waals surface area contributed by atoms with Gasteiger partial charge in [-0.2, -0.15) is 0 Å². The van der Waals surface area contributed by atoms with Crippen molar-refractivity contribution in [2.24, 2.45) is 0 Å². The molecule has 2 rings (SSSR count). The van der Waals surface area contributed by atoms with E-state index in [1.165, 1.54) is 36.4 Å². The molecular formula is C14H11NO7. The van der Waals surface area contributed by atoms with Crippen molar-refractivity contribution >= 4 is 17.6 Å². The van der Waals surface area contributed by atoms with Crippen LogP contribution in [0.3, 0.4) is 0 Å². The third kappa shape index (κ3) is 3.29. The van der Waals surface area contributed by atoms with Crippen LogP contribution in [0.2, 0.25) is 0 Å². The van der Waals surface area contributed by atoms with Gasteiger partial charge >= 0.3 is 11.9 Å². The van der Waals surface area contributed by atoms with Crippen molar-refractivity contribution in [3.05, 3.63) is 63.6 Å². The molecule has 0 saturated heterocycles. The summed E-state index contributed by atoms with van der Waals surface area (Å²) in [4.78, 5) is 32.1. The molecule has 2 aromatic rings. The van der Waals surface area contributed by atoms with E-state index >= 15 is 0 Å². The van der Waals surface area contributed by atoms with Gasteiger partial charge in [0.1, 0.15) is 11.7 Å². The predicted molar refractivity (Wildman–Crippen MR) is 72.8 cm³/mol. The number of aliphatic carboxylic acids is 1. The number of hydrogen-bond donors (Lipinski definition) is 2. The molecule has 0 bridgehead atoms. The Morgan fingerprint density at radius 2 is 1.77 bits per heavy atom. The molecule has 114 valence electrons. The van der Waals surface area contributed by atoms with Crippen molar-refractivity contribution in [2.75, 3.05) is 0 Å². The summed E-state index contributed by atoms with van der Waals surface area (Å²) in [6.45, 7) is 0. The van der Waals surface area contributed by atoms with Crippen LogP contribution in [-0.2, 0) is 11.2 Å². The van der Waals surface area contributed by atoms with Crippen molar-refractivity contribution in [3.63, 3.8) is 0 Å². The van der Waals surface area contributed by atoms with Crippen LogP contribution in [0.1, 0.15) is 27.8 Å². The number of carbonyl (C=O) groups is 2. The highest BCUT2D eigenvalue weighted by molar-refractivity contribution is 5.84. The Kier molecular flexibility index (Phi) is 4.21. The number of nitro benzene ring substituents is 1. The first-order valence-electron chi connectivity index (χ1n) is 6.17. The van der Waals surface area contributed by atoms with Crippen LogP contribution in [-0.4, -0.2) is 27.1 Å². The lowest BCUT2D eigenvalue weighted by Gasteiger charge is -2.09. The summed E-state index contributed by atoms with van der Waals surface area (Å²) in [5.41, 5.74) is 0.466. The van der Waals surface area contributed by atoms with Crippen LogP contribution < -0.4 is 0 Å². The molecule has 1 unspecified atom stereocenters. The number of furan rings is 1. The molecule has 8 nitrogen and oxygen atoms in total. The van der Waals surface area contributed by atoms with E-state index in [0.717, 1.165) is 0 Å². The van der Waals surface area contributed by atoms with Gasteiger partial charge in [-0.25, -0.2) is 4.79 Å². The fourth-order valence-corrected chi connectivity index (χ4v) is 1.95. The van der Waals surface area contributed by atoms with Crippen LogP contribution in [0.25, 0.3) is 0 Å². The van der Waals surface area contributed by atoms with E-state index in [9.17, 15) is 24.8 Å². The molecular weight excluding hydrogens is 294 g/mol. The summed E-state index contributed by atoms with van der Waals surface area (Å²) in [5, 5.41) is 28.6. The fraction of sp³-hybridized carbons (Fsp3) is 0.143. The van der Waals surface area contributed by atoms with Crippen molar-refractivity contribution in [1.82, 2.24) is 0 Å². The molecule has 0 aliphatic carbocycles. The molecule has 22 heavy (non-hydrogen) atoms. The number of aromatic carboxylic acids is 1. The number of hydrogen-bond acceptors (Lipinski definition) is 5. The zero-order valence-electron chi connectivity index (χ0n) is 11.1. The Morgan fingerprint density at radius 3 is 2.23 bits per heavy atom. The zero-order chi connectivity index (χ0) is 16.3. The largest absolute Gasteiger partial charge is 0.481 e. The quantitative estimate of drug-likeness (QED) is 0.618. The van der Waals surface area contributed by atoms with Gasteiger partial charge in [-0.1, -0.05) is 12.1 Å². The summed E-state index contributed by atoms with van der Waals surface area (Å²) < 4.78 is 5.01. The van der Waals surface area contributed by atoms with Gasteiger partial charge in [0.2, 0.25) is 5.76 Å². The second-order valence-electron chi connectivity index (χ2n) is 4.53. The molecule has 0 spiro atoms. The number of carboxylic acids is 2. The minimum absolute atomic E-state index is 0.0169. The Balaban J connectivity index is 2.23. The van der Waals surface area contributed by atoms with Crippen molar-refractivity contribution in [1.29, 1.82) is 0 Å². The summed E-state index contributed by atoms with van der Waals surface area (Å²) >= 11 is 0. The molecule has 1 heterocycles. The molecule has 2 N–H and O–H groups in total. The van der Waals surface area contributed by atoms with Crippen LogP contribution >= 0.6 is 0 Å². The van der Waals surface area contributed by atoms with E-state index in [2.05, 4.69) is 0 Å². The number of non-ortho nitro benzene ring substituents is 1. The molecule has 0 aliphatic heterocycles. The van der Waals surface area contributed by atoms with Crippen molar-refractivity contribution in [2.45, 2.75) is 12.3 Å². The highest BCUT2D eigenvalue weighted by atomic mass is 16.6. The molecule has 0 radical (unpaired) electrons. The Morgan fingerprint density at radius 1 is 1.14 bits per heavy atom. The first-order chi connectivity index (χ1) is 10.4. The van der Waals surface area contributed by atoms with E-state index in [1.807, 2.05) is 0 Å². The molecule has 0 saturated carbocycles. The Labute approximate surface area is 123 Å². The van der Waals surface area contributed by atoms with E-state index in [-0.39, 0.29) is 23.6 Å². The summed E-state index contributed by atoms with van der Waals surface area (Å²) in [6, 6.07) is 7.94. The SMILES string of the molecule is O=C(O)c1ccc(C(Cc2ccc([N+](=O)[O-])cc2)C(=O)O)o1. The van der Waals surface area contributed by atoms with Crippen LogP contribution in [0.5, 0.6) is 0 Å². The number of nitro groups is 1. The molecule has 1 atom stereocenters. The number of nitrogens with zero attached hydrogens (tertiary/aromatic N) is 1. The molecule has 0 aliphatic rings. The highest BCUT2D eigenvalue weighted by Gasteiger charge is 2.25. The summed E-state index contributed by atoms with van der Waals surface area (Å²) in [7, 11) is 0. The number of carboxylic acid groups (broad SMARTS) is 2. The lowest BCUT2D eigenvalue weighted by molar-refractivity contribution is -0.384. The maximum Gasteiger partial charge on any atom is 0.371 e. The first kappa shape index (κ1) is 15.2. The smallest absolute Gasteiger partial charge is 0.371 e. The molecule has 8 heteroatoms. The molecule has 0 amide bonds. The van der Waals surface area contributed by atoms with Crippen LogP contribution in [0.15, 0.2) is 40.8 Å². The van der Waals surface area contributed by atoms with Gasteiger partial charge in [0, 0.05) is 12.1 Å². The van der Waals surface area contributed by atoms with Gasteiger partial charge in [-0.05, 0) is 24.1 Å². The van der Waals surface area contributed by atoms with Crippen molar-refractivity contribution in [3.8, 4) is 0 Å². The molecule has 1 aromatic heterocycles. The lowest BCUT2D eigenvalue weighted by atomic mass is 9.97. The van der Waals surface area contributed by atoms with Gasteiger partial charge in [-0.15, -0.1) is 0 Å². The van der Waals surface area contributed by atoms with Crippen molar-refractivity contribution < 1.29 is 29.1 Å². The minimum atomic E-state index is -1.29. The predicted octanol–water partition coefficient (Wildman–Crippen LogP) is 2.30. The van der Waals surface area contributed by atoms with Gasteiger partial charge < -0.3 is 14.6 Å². The first-order valence-corrected chi connectivity index (χ1v) is 6.17. The zero-order valence-corrected chi connectivity index (χ0v) is 11.1. The number of benzene rings is 1.